The van der Waals surface area contributed by atoms with Crippen molar-refractivity contribution in [1.82, 2.24) is 5.32 Å². The summed E-state index contributed by atoms with van der Waals surface area (Å²) >= 11 is 14.0. The number of anilines is 2. The second-order valence-corrected chi connectivity index (χ2v) is 10.4. The van der Waals surface area contributed by atoms with Gasteiger partial charge in [0.2, 0.25) is 5.91 Å². The van der Waals surface area contributed by atoms with E-state index in [4.69, 9.17) is 27.9 Å². The van der Waals surface area contributed by atoms with E-state index in [-0.39, 0.29) is 17.4 Å². The summed E-state index contributed by atoms with van der Waals surface area (Å²) in [4.78, 5) is 39.6. The van der Waals surface area contributed by atoms with Crippen LogP contribution in [0.5, 0.6) is 5.75 Å². The molecule has 3 N–H and O–H groups in total. The van der Waals surface area contributed by atoms with Crippen molar-refractivity contribution < 1.29 is 19.1 Å². The fourth-order valence-corrected chi connectivity index (χ4v) is 4.94. The van der Waals surface area contributed by atoms with Crippen molar-refractivity contribution >= 4 is 70.1 Å². The van der Waals surface area contributed by atoms with Gasteiger partial charge >= 0.3 is 0 Å². The molecule has 0 aliphatic carbocycles. The number of rotatable bonds is 10. The average Bonchev–Trinajstić information content (AvgIpc) is 2.98. The van der Waals surface area contributed by atoms with Gasteiger partial charge in [-0.3, -0.25) is 14.4 Å². The maximum absolute atomic E-state index is 13.4. The largest absolute Gasteiger partial charge is 0.495 e. The highest BCUT2D eigenvalue weighted by atomic mass is 35.5. The Hall–Kier alpha value is -4.24. The third-order valence-corrected chi connectivity index (χ3v) is 7.31. The van der Waals surface area contributed by atoms with Gasteiger partial charge in [-0.15, -0.1) is 11.8 Å². The Bertz CT molecular complexity index is 1580. The minimum atomic E-state index is -0.582. The van der Waals surface area contributed by atoms with Crippen molar-refractivity contribution in [2.45, 2.75) is 4.90 Å². The Morgan fingerprint density at radius 3 is 2.24 bits per heavy atom. The summed E-state index contributed by atoms with van der Waals surface area (Å²) in [5, 5.41) is 8.95. The number of thioether (sulfide) groups is 1. The minimum absolute atomic E-state index is 0.0527. The molecule has 0 saturated carbocycles. The lowest BCUT2D eigenvalue weighted by Crippen LogP contribution is -2.30. The molecule has 4 rings (SSSR count). The second kappa shape index (κ2) is 14.4. The van der Waals surface area contributed by atoms with Gasteiger partial charge in [0.25, 0.3) is 11.8 Å². The molecule has 0 aliphatic heterocycles. The van der Waals surface area contributed by atoms with Crippen LogP contribution in [0.25, 0.3) is 6.08 Å². The van der Waals surface area contributed by atoms with Gasteiger partial charge in [0.15, 0.2) is 0 Å². The predicted molar refractivity (Wildman–Crippen MR) is 166 cm³/mol. The standard InChI is InChI=1S/C31H25Cl2N3O4S/c1-40-28-16-6-5-15-26(28)35-29(37)19-41-22-12-7-11-21(17-22)34-31(39)27(18-23-24(32)13-8-14-25(23)33)36-30(38)20-9-3-2-4-10-20/h2-18H,19H2,1H3,(H,34,39)(H,35,37)(H,36,38)/b27-18+. The molecule has 4 aromatic rings. The summed E-state index contributed by atoms with van der Waals surface area (Å²) in [6.45, 7) is 0. The van der Waals surface area contributed by atoms with Crippen LogP contribution in [0.2, 0.25) is 10.0 Å². The van der Waals surface area contributed by atoms with E-state index >= 15 is 0 Å². The van der Waals surface area contributed by atoms with Gasteiger partial charge in [0.05, 0.1) is 18.6 Å². The van der Waals surface area contributed by atoms with Gasteiger partial charge in [-0.05, 0) is 60.7 Å². The molecule has 0 unspecified atom stereocenters. The van der Waals surface area contributed by atoms with Crippen LogP contribution in [0.1, 0.15) is 15.9 Å². The number of hydrogen-bond acceptors (Lipinski definition) is 5. The third kappa shape index (κ3) is 8.38. The summed E-state index contributed by atoms with van der Waals surface area (Å²) in [7, 11) is 1.54. The molecule has 0 spiro atoms. The SMILES string of the molecule is COc1ccccc1NC(=O)CSc1cccc(NC(=O)/C(=C\c2c(Cl)cccc2Cl)NC(=O)c2ccccc2)c1. The monoisotopic (exact) mass is 605 g/mol. The lowest BCUT2D eigenvalue weighted by Gasteiger charge is -2.13. The molecular weight excluding hydrogens is 581 g/mol. The summed E-state index contributed by atoms with van der Waals surface area (Å²) in [6, 6.07) is 27.6. The molecule has 0 heterocycles. The molecule has 3 amide bonds. The first-order valence-corrected chi connectivity index (χ1v) is 14.1. The highest BCUT2D eigenvalue weighted by molar-refractivity contribution is 8.00. The van der Waals surface area contributed by atoms with E-state index in [2.05, 4.69) is 16.0 Å². The molecule has 0 radical (unpaired) electrons. The van der Waals surface area contributed by atoms with Gasteiger partial charge in [0, 0.05) is 31.8 Å². The number of carbonyl (C=O) groups excluding carboxylic acids is 3. The molecule has 41 heavy (non-hydrogen) atoms. The first-order chi connectivity index (χ1) is 19.8. The van der Waals surface area contributed by atoms with Crippen molar-refractivity contribution in [2.24, 2.45) is 0 Å². The lowest BCUT2D eigenvalue weighted by molar-refractivity contribution is -0.114. The van der Waals surface area contributed by atoms with Crippen molar-refractivity contribution in [3.05, 3.63) is 124 Å². The number of para-hydroxylation sites is 2. The Labute approximate surface area is 251 Å². The minimum Gasteiger partial charge on any atom is -0.495 e. The highest BCUT2D eigenvalue weighted by Crippen LogP contribution is 2.28. The first-order valence-electron chi connectivity index (χ1n) is 12.3. The Morgan fingerprint density at radius 2 is 1.51 bits per heavy atom. The van der Waals surface area contributed by atoms with Crippen LogP contribution in [-0.4, -0.2) is 30.6 Å². The zero-order chi connectivity index (χ0) is 29.2. The number of halogens is 2. The number of nitrogens with one attached hydrogen (secondary N) is 3. The zero-order valence-corrected chi connectivity index (χ0v) is 24.1. The molecular formula is C31H25Cl2N3O4S. The maximum Gasteiger partial charge on any atom is 0.272 e. The van der Waals surface area contributed by atoms with E-state index < -0.39 is 11.8 Å². The molecule has 7 nitrogen and oxygen atoms in total. The molecule has 0 fully saturated rings. The summed E-state index contributed by atoms with van der Waals surface area (Å²) in [6.07, 6.45) is 1.43. The van der Waals surface area contributed by atoms with Crippen LogP contribution in [-0.2, 0) is 9.59 Å². The van der Waals surface area contributed by atoms with Crippen LogP contribution < -0.4 is 20.7 Å². The fraction of sp³-hybridized carbons (Fsp3) is 0.0645. The summed E-state index contributed by atoms with van der Waals surface area (Å²) < 4.78 is 5.27. The van der Waals surface area contributed by atoms with Gasteiger partial charge in [0.1, 0.15) is 11.4 Å². The predicted octanol–water partition coefficient (Wildman–Crippen LogP) is 7.14. The van der Waals surface area contributed by atoms with Crippen LogP contribution >= 0.6 is 35.0 Å². The molecule has 208 valence electrons. The molecule has 0 bridgehead atoms. The second-order valence-electron chi connectivity index (χ2n) is 8.53. The van der Waals surface area contributed by atoms with E-state index in [1.807, 2.05) is 18.2 Å². The molecule has 0 atom stereocenters. The number of carbonyl (C=O) groups is 3. The van der Waals surface area contributed by atoms with E-state index in [9.17, 15) is 14.4 Å². The van der Waals surface area contributed by atoms with E-state index in [1.165, 1.54) is 24.9 Å². The maximum atomic E-state index is 13.4. The summed E-state index contributed by atoms with van der Waals surface area (Å²) in [5.41, 5.74) is 1.76. The quantitative estimate of drug-likeness (QED) is 0.132. The lowest BCUT2D eigenvalue weighted by atomic mass is 10.1. The highest BCUT2D eigenvalue weighted by Gasteiger charge is 2.17. The van der Waals surface area contributed by atoms with Crippen LogP contribution in [0, 0.1) is 0 Å². The Balaban J connectivity index is 1.48. The molecule has 10 heteroatoms. The number of amides is 3. The van der Waals surface area contributed by atoms with Crippen molar-refractivity contribution in [3.63, 3.8) is 0 Å². The molecule has 4 aromatic carbocycles. The fourth-order valence-electron chi connectivity index (χ4n) is 3.68. The van der Waals surface area contributed by atoms with Gasteiger partial charge in [-0.2, -0.15) is 0 Å². The molecule has 0 aliphatic rings. The normalized spacial score (nSPS) is 11.0. The molecule has 0 aromatic heterocycles. The van der Waals surface area contributed by atoms with E-state index in [0.717, 1.165) is 4.90 Å². The van der Waals surface area contributed by atoms with Gasteiger partial charge in [-0.1, -0.05) is 65.7 Å². The number of hydrogen-bond donors (Lipinski definition) is 3. The smallest absolute Gasteiger partial charge is 0.272 e. The third-order valence-electron chi connectivity index (χ3n) is 5.66. The van der Waals surface area contributed by atoms with Crippen molar-refractivity contribution in [2.75, 3.05) is 23.5 Å². The number of methoxy groups -OCH3 is 1. The van der Waals surface area contributed by atoms with Crippen LogP contribution in [0.15, 0.2) is 108 Å². The van der Waals surface area contributed by atoms with Crippen molar-refractivity contribution in [1.29, 1.82) is 0 Å². The Kier molecular flexibility index (Phi) is 10.5. The zero-order valence-electron chi connectivity index (χ0n) is 21.8. The van der Waals surface area contributed by atoms with E-state index in [1.54, 1.807) is 78.9 Å². The Morgan fingerprint density at radius 1 is 0.829 bits per heavy atom. The summed E-state index contributed by atoms with van der Waals surface area (Å²) in [5.74, 6) is -0.559. The van der Waals surface area contributed by atoms with Gasteiger partial charge in [-0.25, -0.2) is 0 Å². The average molecular weight is 607 g/mol. The van der Waals surface area contributed by atoms with Crippen molar-refractivity contribution in [3.8, 4) is 5.75 Å². The van der Waals surface area contributed by atoms with Crippen LogP contribution in [0.3, 0.4) is 0 Å². The van der Waals surface area contributed by atoms with Crippen LogP contribution in [0.4, 0.5) is 11.4 Å². The van der Waals surface area contributed by atoms with E-state index in [0.29, 0.717) is 38.3 Å². The first kappa shape index (κ1) is 29.7. The van der Waals surface area contributed by atoms with Gasteiger partial charge < -0.3 is 20.7 Å². The topological polar surface area (TPSA) is 96.5 Å². The number of ether oxygens (including phenoxy) is 1. The number of benzene rings is 4. The molecule has 0 saturated heterocycles.